The van der Waals surface area contributed by atoms with Crippen LogP contribution in [0, 0.1) is 0 Å². The van der Waals surface area contributed by atoms with Crippen molar-refractivity contribution in [1.82, 2.24) is 15.2 Å². The van der Waals surface area contributed by atoms with Crippen LogP contribution in [0.1, 0.15) is 48.9 Å². The molecule has 2 N–H and O–H groups in total. The van der Waals surface area contributed by atoms with Crippen LogP contribution >= 0.6 is 0 Å². The van der Waals surface area contributed by atoms with Crippen molar-refractivity contribution in [3.8, 4) is 0 Å². The van der Waals surface area contributed by atoms with Crippen molar-refractivity contribution in [2.24, 2.45) is 0 Å². The minimum absolute atomic E-state index is 0.0377. The van der Waals surface area contributed by atoms with E-state index in [1.54, 1.807) is 24.5 Å². The lowest BCUT2D eigenvalue weighted by atomic mass is 9.89. The number of hydrogen-bond acceptors (Lipinski definition) is 4. The van der Waals surface area contributed by atoms with Crippen molar-refractivity contribution in [2.75, 3.05) is 13.1 Å². The molecule has 0 radical (unpaired) electrons. The predicted octanol–water partition coefficient (Wildman–Crippen LogP) is 1.58. The summed E-state index contributed by atoms with van der Waals surface area (Å²) in [5.74, 6) is -0.0377. The fraction of sp³-hybridized carbons (Fsp3) is 0.647. The van der Waals surface area contributed by atoms with Gasteiger partial charge in [0.15, 0.2) is 0 Å². The first kappa shape index (κ1) is 15.4. The molecule has 5 nitrogen and oxygen atoms in total. The van der Waals surface area contributed by atoms with Crippen LogP contribution in [-0.2, 0) is 0 Å². The zero-order valence-electron chi connectivity index (χ0n) is 12.9. The highest BCUT2D eigenvalue weighted by Crippen LogP contribution is 2.25. The van der Waals surface area contributed by atoms with E-state index in [-0.39, 0.29) is 18.1 Å². The summed E-state index contributed by atoms with van der Waals surface area (Å²) < 4.78 is 0. The minimum atomic E-state index is -0.171. The highest BCUT2D eigenvalue weighted by atomic mass is 16.3. The number of piperidine rings is 1. The van der Waals surface area contributed by atoms with E-state index in [2.05, 4.69) is 15.2 Å². The number of carbonyl (C=O) groups is 1. The number of aromatic nitrogens is 1. The summed E-state index contributed by atoms with van der Waals surface area (Å²) in [4.78, 5) is 18.5. The van der Waals surface area contributed by atoms with Gasteiger partial charge in [-0.05, 0) is 37.8 Å². The topological polar surface area (TPSA) is 65.5 Å². The quantitative estimate of drug-likeness (QED) is 0.890. The zero-order valence-corrected chi connectivity index (χ0v) is 12.9. The van der Waals surface area contributed by atoms with E-state index in [1.807, 2.05) is 0 Å². The third-order valence-electron chi connectivity index (χ3n) is 4.95. The van der Waals surface area contributed by atoms with Crippen LogP contribution in [0.25, 0.3) is 0 Å². The summed E-state index contributed by atoms with van der Waals surface area (Å²) in [6, 6.07) is 4.12. The number of hydrogen-bond donors (Lipinski definition) is 2. The molecule has 1 aliphatic heterocycles. The van der Waals surface area contributed by atoms with Crippen LogP contribution in [0.2, 0.25) is 0 Å². The normalized spacial score (nSPS) is 27.5. The van der Waals surface area contributed by atoms with Crippen molar-refractivity contribution < 1.29 is 9.90 Å². The van der Waals surface area contributed by atoms with Gasteiger partial charge in [0.05, 0.1) is 11.7 Å². The highest BCUT2D eigenvalue weighted by molar-refractivity contribution is 5.93. The van der Waals surface area contributed by atoms with Crippen molar-refractivity contribution >= 4 is 5.91 Å². The Bertz CT molecular complexity index is 486. The molecule has 1 amide bonds. The third-order valence-corrected chi connectivity index (χ3v) is 4.95. The molecule has 22 heavy (non-hydrogen) atoms. The Morgan fingerprint density at radius 3 is 2.68 bits per heavy atom. The number of amides is 1. The van der Waals surface area contributed by atoms with Gasteiger partial charge < -0.3 is 10.4 Å². The lowest BCUT2D eigenvalue weighted by Crippen LogP contribution is -2.52. The Kier molecular flexibility index (Phi) is 5.05. The Labute approximate surface area is 131 Å². The van der Waals surface area contributed by atoms with Crippen LogP contribution in [0.3, 0.4) is 0 Å². The van der Waals surface area contributed by atoms with Gasteiger partial charge in [-0.25, -0.2) is 0 Å². The molecule has 1 saturated carbocycles. The molecule has 1 aliphatic carbocycles. The second-order valence-corrected chi connectivity index (χ2v) is 6.44. The Hall–Kier alpha value is -1.46. The lowest BCUT2D eigenvalue weighted by molar-refractivity contribution is 0.00727. The molecule has 2 heterocycles. The number of aliphatic hydroxyl groups excluding tert-OH is 1. The fourth-order valence-electron chi connectivity index (χ4n) is 3.66. The molecular weight excluding hydrogens is 278 g/mol. The molecule has 0 aromatic carbocycles. The van der Waals surface area contributed by atoms with Crippen LogP contribution in [0.4, 0.5) is 0 Å². The molecule has 0 bridgehead atoms. The molecule has 2 fully saturated rings. The molecule has 1 aromatic rings. The second-order valence-electron chi connectivity index (χ2n) is 6.44. The van der Waals surface area contributed by atoms with E-state index >= 15 is 0 Å². The molecule has 3 rings (SSSR count). The van der Waals surface area contributed by atoms with Gasteiger partial charge in [0.25, 0.3) is 5.91 Å². The van der Waals surface area contributed by atoms with E-state index in [0.717, 1.165) is 45.2 Å². The fourth-order valence-corrected chi connectivity index (χ4v) is 3.66. The summed E-state index contributed by atoms with van der Waals surface area (Å²) in [7, 11) is 0. The molecule has 0 spiro atoms. The number of pyridine rings is 1. The molecule has 1 aromatic heterocycles. The van der Waals surface area contributed by atoms with Gasteiger partial charge >= 0.3 is 0 Å². The van der Waals surface area contributed by atoms with E-state index in [9.17, 15) is 9.90 Å². The molecule has 2 unspecified atom stereocenters. The molecule has 120 valence electrons. The average Bonchev–Trinajstić information content (AvgIpc) is 2.57. The number of rotatable bonds is 3. The molecule has 1 saturated heterocycles. The van der Waals surface area contributed by atoms with Crippen molar-refractivity contribution in [2.45, 2.75) is 56.7 Å². The van der Waals surface area contributed by atoms with Gasteiger partial charge in [0.2, 0.25) is 0 Å². The largest absolute Gasteiger partial charge is 0.391 e. The van der Waals surface area contributed by atoms with E-state index in [0.29, 0.717) is 11.6 Å². The first-order valence-electron chi connectivity index (χ1n) is 8.37. The SMILES string of the molecule is O=C(NC1CCN(C2CCCCC2O)CC1)c1cccnc1. The van der Waals surface area contributed by atoms with Gasteiger partial charge in [-0.2, -0.15) is 0 Å². The third kappa shape index (κ3) is 3.65. The van der Waals surface area contributed by atoms with Crippen LogP contribution < -0.4 is 5.32 Å². The summed E-state index contributed by atoms with van der Waals surface area (Å²) in [5, 5.41) is 13.3. The summed E-state index contributed by atoms with van der Waals surface area (Å²) in [5.41, 5.74) is 0.618. The number of likely N-dealkylation sites (tertiary alicyclic amines) is 1. The summed E-state index contributed by atoms with van der Waals surface area (Å²) >= 11 is 0. The van der Waals surface area contributed by atoms with E-state index < -0.39 is 0 Å². The zero-order chi connectivity index (χ0) is 15.4. The maximum atomic E-state index is 12.1. The summed E-state index contributed by atoms with van der Waals surface area (Å²) in [6.07, 6.45) is 9.42. The van der Waals surface area contributed by atoms with Crippen LogP contribution in [0.5, 0.6) is 0 Å². The van der Waals surface area contributed by atoms with Gasteiger partial charge in [-0.1, -0.05) is 12.8 Å². The van der Waals surface area contributed by atoms with Crippen LogP contribution in [-0.4, -0.2) is 52.2 Å². The van der Waals surface area contributed by atoms with E-state index in [1.165, 1.54) is 6.42 Å². The second kappa shape index (κ2) is 7.20. The van der Waals surface area contributed by atoms with Crippen molar-refractivity contribution in [1.29, 1.82) is 0 Å². The van der Waals surface area contributed by atoms with E-state index in [4.69, 9.17) is 0 Å². The lowest BCUT2D eigenvalue weighted by Gasteiger charge is -2.41. The number of nitrogens with zero attached hydrogens (tertiary/aromatic N) is 2. The van der Waals surface area contributed by atoms with Crippen molar-refractivity contribution in [3.63, 3.8) is 0 Å². The molecule has 5 heteroatoms. The monoisotopic (exact) mass is 303 g/mol. The highest BCUT2D eigenvalue weighted by Gasteiger charge is 2.31. The first-order valence-corrected chi connectivity index (χ1v) is 8.37. The van der Waals surface area contributed by atoms with Gasteiger partial charge in [-0.3, -0.25) is 14.7 Å². The minimum Gasteiger partial charge on any atom is -0.391 e. The smallest absolute Gasteiger partial charge is 0.253 e. The average molecular weight is 303 g/mol. The van der Waals surface area contributed by atoms with Gasteiger partial charge in [0, 0.05) is 37.6 Å². The maximum absolute atomic E-state index is 12.1. The number of carbonyl (C=O) groups excluding carboxylic acids is 1. The Morgan fingerprint density at radius 1 is 1.23 bits per heavy atom. The molecule has 2 aliphatic rings. The Morgan fingerprint density at radius 2 is 2.00 bits per heavy atom. The predicted molar refractivity (Wildman–Crippen MR) is 84.6 cm³/mol. The van der Waals surface area contributed by atoms with Crippen LogP contribution in [0.15, 0.2) is 24.5 Å². The summed E-state index contributed by atoms with van der Waals surface area (Å²) in [6.45, 7) is 1.92. The standard InChI is InChI=1S/C17H25N3O2/c21-16-6-2-1-5-15(16)20-10-7-14(8-11-20)19-17(22)13-4-3-9-18-12-13/h3-4,9,12,14-16,21H,1-2,5-8,10-11H2,(H,19,22). The Balaban J connectivity index is 1.48. The van der Waals surface area contributed by atoms with Gasteiger partial charge in [0.1, 0.15) is 0 Å². The molecular formula is C17H25N3O2. The number of nitrogens with one attached hydrogen (secondary N) is 1. The van der Waals surface area contributed by atoms with Crippen molar-refractivity contribution in [3.05, 3.63) is 30.1 Å². The number of aliphatic hydroxyl groups is 1. The van der Waals surface area contributed by atoms with Gasteiger partial charge in [-0.15, -0.1) is 0 Å². The maximum Gasteiger partial charge on any atom is 0.253 e. The first-order chi connectivity index (χ1) is 10.7. The molecule has 2 atom stereocenters.